The molecule has 1 aliphatic carbocycles. The Kier molecular flexibility index (Phi) is 8.43. The number of halogens is 1. The minimum atomic E-state index is 0. The van der Waals surface area contributed by atoms with Crippen molar-refractivity contribution in [1.82, 2.24) is 25.2 Å². The Hall–Kier alpha value is -1.38. The molecule has 0 amide bonds. The number of nitrogens with one attached hydrogen (secondary N) is 2. The zero-order valence-electron chi connectivity index (χ0n) is 14.9. The molecule has 3 rings (SSSR count). The van der Waals surface area contributed by atoms with E-state index in [1.807, 2.05) is 35.8 Å². The highest BCUT2D eigenvalue weighted by Crippen LogP contribution is 2.21. The molecule has 25 heavy (non-hydrogen) atoms. The van der Waals surface area contributed by atoms with Crippen molar-refractivity contribution in [2.24, 2.45) is 10.9 Å². The molecule has 1 fully saturated rings. The average Bonchev–Trinajstić information content (AvgIpc) is 2.99. The summed E-state index contributed by atoms with van der Waals surface area (Å²) in [6, 6.07) is 5.91. The third kappa shape index (κ3) is 5.83. The summed E-state index contributed by atoms with van der Waals surface area (Å²) < 4.78 is 2.00. The van der Waals surface area contributed by atoms with E-state index in [-0.39, 0.29) is 24.0 Å². The number of guanidine groups is 1. The Morgan fingerprint density at radius 3 is 2.64 bits per heavy atom. The van der Waals surface area contributed by atoms with Crippen molar-refractivity contribution >= 4 is 35.6 Å². The molecule has 1 aliphatic rings. The van der Waals surface area contributed by atoms with Crippen LogP contribution < -0.4 is 10.6 Å². The second-order valence-electron chi connectivity index (χ2n) is 6.56. The number of nitrogens with zero attached hydrogens (tertiary/aromatic N) is 4. The first-order valence-electron chi connectivity index (χ1n) is 9.10. The highest BCUT2D eigenvalue weighted by atomic mass is 127. The van der Waals surface area contributed by atoms with Crippen LogP contribution in [-0.2, 0) is 6.54 Å². The monoisotopic (exact) mass is 456 g/mol. The second kappa shape index (κ2) is 10.6. The highest BCUT2D eigenvalue weighted by molar-refractivity contribution is 14.0. The predicted molar refractivity (Wildman–Crippen MR) is 112 cm³/mol. The number of fused-ring (bicyclic) bond motifs is 1. The van der Waals surface area contributed by atoms with Gasteiger partial charge in [-0.3, -0.25) is 9.39 Å². The van der Waals surface area contributed by atoms with Crippen molar-refractivity contribution in [1.29, 1.82) is 0 Å². The van der Waals surface area contributed by atoms with Gasteiger partial charge in [0.2, 0.25) is 0 Å². The lowest BCUT2D eigenvalue weighted by Gasteiger charge is -2.21. The van der Waals surface area contributed by atoms with E-state index in [1.165, 1.54) is 44.9 Å². The van der Waals surface area contributed by atoms with E-state index in [2.05, 4.69) is 25.8 Å². The Balaban J connectivity index is 0.00000225. The summed E-state index contributed by atoms with van der Waals surface area (Å²) in [5.41, 5.74) is 0.867. The highest BCUT2D eigenvalue weighted by Gasteiger charge is 2.12. The van der Waals surface area contributed by atoms with Crippen LogP contribution in [0.4, 0.5) is 0 Å². The lowest BCUT2D eigenvalue weighted by Crippen LogP contribution is -2.39. The van der Waals surface area contributed by atoms with Gasteiger partial charge in [-0.15, -0.1) is 34.2 Å². The van der Waals surface area contributed by atoms with Gasteiger partial charge in [0, 0.05) is 19.8 Å². The van der Waals surface area contributed by atoms with Crippen molar-refractivity contribution in [3.8, 4) is 0 Å². The molecule has 0 aliphatic heterocycles. The topological polar surface area (TPSA) is 66.6 Å². The Labute approximate surface area is 166 Å². The molecular formula is C18H29IN6. The fourth-order valence-electron chi connectivity index (χ4n) is 3.38. The van der Waals surface area contributed by atoms with Gasteiger partial charge in [-0.2, -0.15) is 0 Å². The number of hydrogen-bond acceptors (Lipinski definition) is 3. The summed E-state index contributed by atoms with van der Waals surface area (Å²) in [5, 5.41) is 15.2. The van der Waals surface area contributed by atoms with Gasteiger partial charge in [-0.25, -0.2) is 0 Å². The normalized spacial score (nSPS) is 16.8. The molecule has 7 heteroatoms. The van der Waals surface area contributed by atoms with Crippen molar-refractivity contribution < 1.29 is 0 Å². The van der Waals surface area contributed by atoms with Crippen LogP contribution in [0.2, 0.25) is 0 Å². The molecule has 6 nitrogen and oxygen atoms in total. The standard InChI is InChI=1S/C18H28N6.HI/c1-19-18(20-13-15-9-5-3-2-4-6-10-15)21-14-17-23-22-16-11-7-8-12-24(16)17;/h7-8,11-12,15H,2-6,9-10,13-14H2,1H3,(H2,19,20,21);1H. The summed E-state index contributed by atoms with van der Waals surface area (Å²) in [6.07, 6.45) is 11.6. The third-order valence-electron chi connectivity index (χ3n) is 4.80. The van der Waals surface area contributed by atoms with E-state index in [1.54, 1.807) is 0 Å². The van der Waals surface area contributed by atoms with Crippen LogP contribution in [0.5, 0.6) is 0 Å². The molecule has 1 saturated carbocycles. The van der Waals surface area contributed by atoms with E-state index in [9.17, 15) is 0 Å². The van der Waals surface area contributed by atoms with Crippen LogP contribution in [0.15, 0.2) is 29.4 Å². The average molecular weight is 456 g/mol. The summed E-state index contributed by atoms with van der Waals surface area (Å²) in [6.45, 7) is 1.61. The Morgan fingerprint density at radius 1 is 1.12 bits per heavy atom. The van der Waals surface area contributed by atoms with E-state index in [0.29, 0.717) is 6.54 Å². The van der Waals surface area contributed by atoms with Crippen LogP contribution >= 0.6 is 24.0 Å². The fourth-order valence-corrected chi connectivity index (χ4v) is 3.38. The number of hydrogen-bond donors (Lipinski definition) is 2. The Bertz CT molecular complexity index is 660. The van der Waals surface area contributed by atoms with Gasteiger partial charge in [0.25, 0.3) is 0 Å². The maximum absolute atomic E-state index is 4.33. The van der Waals surface area contributed by atoms with Crippen LogP contribution in [0.3, 0.4) is 0 Å². The van der Waals surface area contributed by atoms with Crippen molar-refractivity contribution in [3.05, 3.63) is 30.2 Å². The Morgan fingerprint density at radius 2 is 1.88 bits per heavy atom. The molecule has 2 heterocycles. The number of rotatable bonds is 4. The first-order chi connectivity index (χ1) is 11.9. The molecule has 0 spiro atoms. The summed E-state index contributed by atoms with van der Waals surface area (Å²) in [4.78, 5) is 4.33. The van der Waals surface area contributed by atoms with Crippen molar-refractivity contribution in [3.63, 3.8) is 0 Å². The lowest BCUT2D eigenvalue weighted by atomic mass is 9.91. The van der Waals surface area contributed by atoms with E-state index >= 15 is 0 Å². The van der Waals surface area contributed by atoms with Crippen LogP contribution in [0, 0.1) is 5.92 Å². The number of aliphatic imine (C=N–C) groups is 1. The van der Waals surface area contributed by atoms with Crippen molar-refractivity contribution in [2.45, 2.75) is 51.5 Å². The smallest absolute Gasteiger partial charge is 0.191 e. The zero-order chi connectivity index (χ0) is 16.6. The van der Waals surface area contributed by atoms with Gasteiger partial charge < -0.3 is 10.6 Å². The molecule has 0 radical (unpaired) electrons. The van der Waals surface area contributed by atoms with Gasteiger partial charge >= 0.3 is 0 Å². The third-order valence-corrected chi connectivity index (χ3v) is 4.80. The largest absolute Gasteiger partial charge is 0.356 e. The summed E-state index contributed by atoms with van der Waals surface area (Å²) in [5.74, 6) is 2.49. The molecular weight excluding hydrogens is 427 g/mol. The van der Waals surface area contributed by atoms with E-state index < -0.39 is 0 Å². The predicted octanol–water partition coefficient (Wildman–Crippen LogP) is 3.37. The quantitative estimate of drug-likeness (QED) is 0.421. The van der Waals surface area contributed by atoms with Gasteiger partial charge in [0.05, 0.1) is 6.54 Å². The van der Waals surface area contributed by atoms with Crippen molar-refractivity contribution in [2.75, 3.05) is 13.6 Å². The molecule has 0 unspecified atom stereocenters. The van der Waals surface area contributed by atoms with Crippen LogP contribution in [0.1, 0.15) is 50.8 Å². The fraction of sp³-hybridized carbons (Fsp3) is 0.611. The van der Waals surface area contributed by atoms with E-state index in [4.69, 9.17) is 0 Å². The molecule has 0 saturated heterocycles. The maximum atomic E-state index is 4.33. The first-order valence-corrected chi connectivity index (χ1v) is 9.10. The van der Waals surface area contributed by atoms with E-state index in [0.717, 1.165) is 29.9 Å². The molecule has 0 aromatic carbocycles. The number of aromatic nitrogens is 3. The van der Waals surface area contributed by atoms with Gasteiger partial charge in [0.1, 0.15) is 0 Å². The first kappa shape index (κ1) is 19.9. The molecule has 138 valence electrons. The zero-order valence-corrected chi connectivity index (χ0v) is 17.3. The maximum Gasteiger partial charge on any atom is 0.191 e. The molecule has 2 aromatic rings. The van der Waals surface area contributed by atoms with Gasteiger partial charge in [-0.05, 0) is 30.9 Å². The van der Waals surface area contributed by atoms with Crippen LogP contribution in [0.25, 0.3) is 5.65 Å². The molecule has 0 bridgehead atoms. The summed E-state index contributed by atoms with van der Waals surface area (Å²) in [7, 11) is 1.81. The number of pyridine rings is 1. The van der Waals surface area contributed by atoms with Crippen LogP contribution in [-0.4, -0.2) is 34.2 Å². The van der Waals surface area contributed by atoms with Gasteiger partial charge in [-0.1, -0.05) is 38.2 Å². The summed E-state index contributed by atoms with van der Waals surface area (Å²) >= 11 is 0. The molecule has 2 aromatic heterocycles. The minimum Gasteiger partial charge on any atom is -0.356 e. The molecule has 0 atom stereocenters. The lowest BCUT2D eigenvalue weighted by molar-refractivity contribution is 0.375. The SMILES string of the molecule is CN=C(NCc1nnc2ccccn12)NCC1CCCCCCC1.I. The minimum absolute atomic E-state index is 0. The molecule has 2 N–H and O–H groups in total. The second-order valence-corrected chi connectivity index (χ2v) is 6.56. The van der Waals surface area contributed by atoms with Gasteiger partial charge in [0.15, 0.2) is 17.4 Å².